The molecular formula is C31H24F6INO. The van der Waals surface area contributed by atoms with Crippen LogP contribution in [0.2, 0.25) is 0 Å². The minimum absolute atomic E-state index is 0.00599. The molecule has 208 valence electrons. The fourth-order valence-electron chi connectivity index (χ4n) is 4.81. The zero-order valence-corrected chi connectivity index (χ0v) is 23.1. The maximum absolute atomic E-state index is 13.3. The molecule has 0 aliphatic heterocycles. The third-order valence-electron chi connectivity index (χ3n) is 6.77. The molecule has 1 amide bonds. The molecule has 0 bridgehead atoms. The van der Waals surface area contributed by atoms with Crippen molar-refractivity contribution in [3.63, 3.8) is 0 Å². The lowest BCUT2D eigenvalue weighted by atomic mass is 9.67. The Kier molecular flexibility index (Phi) is 8.92. The zero-order chi connectivity index (χ0) is 29.0. The van der Waals surface area contributed by atoms with Gasteiger partial charge >= 0.3 is 12.4 Å². The summed E-state index contributed by atoms with van der Waals surface area (Å²) in [6.07, 6.45) is -9.80. The lowest BCUT2D eigenvalue weighted by Crippen LogP contribution is -2.35. The minimum atomic E-state index is -5.05. The lowest BCUT2D eigenvalue weighted by Gasteiger charge is -2.36. The highest BCUT2D eigenvalue weighted by molar-refractivity contribution is 14.1. The second kappa shape index (κ2) is 12.0. The van der Waals surface area contributed by atoms with E-state index < -0.39 is 40.4 Å². The molecule has 4 aromatic carbocycles. The van der Waals surface area contributed by atoms with Gasteiger partial charge in [0.15, 0.2) is 0 Å². The van der Waals surface area contributed by atoms with Crippen molar-refractivity contribution in [3.05, 3.63) is 142 Å². The maximum Gasteiger partial charge on any atom is 0.416 e. The summed E-state index contributed by atoms with van der Waals surface area (Å²) in [5, 5.41) is 2.57. The van der Waals surface area contributed by atoms with E-state index in [0.717, 1.165) is 26.7 Å². The molecule has 4 aromatic rings. The highest BCUT2D eigenvalue weighted by Crippen LogP contribution is 2.42. The number of amides is 1. The van der Waals surface area contributed by atoms with Gasteiger partial charge < -0.3 is 5.32 Å². The molecule has 0 aliphatic carbocycles. The molecule has 0 aliphatic rings. The molecular weight excluding hydrogens is 643 g/mol. The molecule has 0 saturated heterocycles. The van der Waals surface area contributed by atoms with Crippen LogP contribution < -0.4 is 5.32 Å². The normalized spacial score (nSPS) is 12.3. The van der Waals surface area contributed by atoms with Gasteiger partial charge in [-0.05, 0) is 46.9 Å². The molecule has 0 atom stereocenters. The predicted molar refractivity (Wildman–Crippen MR) is 150 cm³/mol. The van der Waals surface area contributed by atoms with Crippen molar-refractivity contribution in [3.8, 4) is 0 Å². The Morgan fingerprint density at radius 2 is 1.07 bits per heavy atom. The molecule has 0 saturated carbocycles. The first-order valence-electron chi connectivity index (χ1n) is 12.3. The van der Waals surface area contributed by atoms with E-state index in [1.54, 1.807) is 0 Å². The van der Waals surface area contributed by atoms with Gasteiger partial charge in [0.25, 0.3) is 5.91 Å². The summed E-state index contributed by atoms with van der Waals surface area (Å²) in [6.45, 7) is -0.0196. The largest absolute Gasteiger partial charge is 0.416 e. The van der Waals surface area contributed by atoms with E-state index in [1.807, 2.05) is 84.9 Å². The van der Waals surface area contributed by atoms with Gasteiger partial charge in [0, 0.05) is 22.0 Å². The second-order valence-corrected chi connectivity index (χ2v) is 10.0. The van der Waals surface area contributed by atoms with Crippen LogP contribution in [0.5, 0.6) is 0 Å². The Bertz CT molecular complexity index is 1360. The average Bonchev–Trinajstić information content (AvgIpc) is 2.95. The van der Waals surface area contributed by atoms with Crippen LogP contribution in [-0.4, -0.2) is 12.5 Å². The summed E-state index contributed by atoms with van der Waals surface area (Å²) in [4.78, 5) is 12.9. The van der Waals surface area contributed by atoms with Crippen LogP contribution in [0.25, 0.3) is 0 Å². The molecule has 0 heterocycles. The summed E-state index contributed by atoms with van der Waals surface area (Å²) < 4.78 is 80.8. The number of carbonyl (C=O) groups is 1. The van der Waals surface area contributed by atoms with E-state index in [4.69, 9.17) is 0 Å². The SMILES string of the molecule is O=C(NCCC(c1ccccc1)(c1ccccc1)c1ccc(CI)cc1)c1cc(C(F)(F)F)cc(C(F)(F)F)c1. The molecule has 1 N–H and O–H groups in total. The van der Waals surface area contributed by atoms with Crippen molar-refractivity contribution < 1.29 is 31.1 Å². The smallest absolute Gasteiger partial charge is 0.352 e. The van der Waals surface area contributed by atoms with Crippen LogP contribution in [0, 0.1) is 0 Å². The number of rotatable bonds is 8. The van der Waals surface area contributed by atoms with E-state index in [2.05, 4.69) is 27.9 Å². The van der Waals surface area contributed by atoms with Crippen molar-refractivity contribution >= 4 is 28.5 Å². The van der Waals surface area contributed by atoms with Gasteiger partial charge in [-0.15, -0.1) is 0 Å². The van der Waals surface area contributed by atoms with E-state index >= 15 is 0 Å². The van der Waals surface area contributed by atoms with E-state index in [9.17, 15) is 31.1 Å². The summed E-state index contributed by atoms with van der Waals surface area (Å²) in [7, 11) is 0. The molecule has 0 fully saturated rings. The number of nitrogens with one attached hydrogen (secondary N) is 1. The van der Waals surface area contributed by atoms with Crippen LogP contribution in [0.4, 0.5) is 26.3 Å². The monoisotopic (exact) mass is 667 g/mol. The van der Waals surface area contributed by atoms with E-state index in [0.29, 0.717) is 18.6 Å². The zero-order valence-electron chi connectivity index (χ0n) is 21.0. The number of alkyl halides is 7. The average molecular weight is 667 g/mol. The molecule has 9 heteroatoms. The predicted octanol–water partition coefficient (Wildman–Crippen LogP) is 8.81. The van der Waals surface area contributed by atoms with Gasteiger partial charge in [-0.2, -0.15) is 26.3 Å². The maximum atomic E-state index is 13.3. The molecule has 0 radical (unpaired) electrons. The minimum Gasteiger partial charge on any atom is -0.352 e. The lowest BCUT2D eigenvalue weighted by molar-refractivity contribution is -0.143. The first kappa shape index (κ1) is 29.6. The molecule has 0 unspecified atom stereocenters. The van der Waals surface area contributed by atoms with Crippen LogP contribution in [0.3, 0.4) is 0 Å². The summed E-state index contributed by atoms with van der Waals surface area (Å²) in [5.74, 6) is -1.02. The number of carbonyl (C=O) groups excluding carboxylic acids is 1. The second-order valence-electron chi connectivity index (χ2n) is 9.27. The van der Waals surface area contributed by atoms with Gasteiger partial charge in [0.1, 0.15) is 0 Å². The van der Waals surface area contributed by atoms with E-state index in [-0.39, 0.29) is 12.6 Å². The van der Waals surface area contributed by atoms with Gasteiger partial charge in [0.05, 0.1) is 11.1 Å². The molecule has 0 aromatic heterocycles. The number of halogens is 7. The number of hydrogen-bond acceptors (Lipinski definition) is 1. The van der Waals surface area contributed by atoms with Crippen molar-refractivity contribution in [1.82, 2.24) is 5.32 Å². The number of hydrogen-bond donors (Lipinski definition) is 1. The first-order chi connectivity index (χ1) is 18.9. The highest BCUT2D eigenvalue weighted by Gasteiger charge is 2.38. The van der Waals surface area contributed by atoms with Gasteiger partial charge in [-0.3, -0.25) is 4.79 Å². The van der Waals surface area contributed by atoms with Crippen LogP contribution in [0.1, 0.15) is 50.2 Å². The summed E-state index contributed by atoms with van der Waals surface area (Å²) in [5.41, 5.74) is -0.629. The molecule has 0 spiro atoms. The van der Waals surface area contributed by atoms with E-state index in [1.165, 1.54) is 0 Å². The van der Waals surface area contributed by atoms with Crippen LogP contribution in [0.15, 0.2) is 103 Å². The fraction of sp³-hybridized carbons (Fsp3) is 0.194. The molecule has 4 rings (SSSR count). The topological polar surface area (TPSA) is 29.1 Å². The third kappa shape index (κ3) is 6.51. The Labute approximate surface area is 241 Å². The third-order valence-corrected chi connectivity index (χ3v) is 7.65. The van der Waals surface area contributed by atoms with Gasteiger partial charge in [0.2, 0.25) is 0 Å². The Balaban J connectivity index is 1.72. The quantitative estimate of drug-likeness (QED) is 0.0866. The Morgan fingerprint density at radius 1 is 0.625 bits per heavy atom. The Morgan fingerprint density at radius 3 is 1.50 bits per heavy atom. The highest BCUT2D eigenvalue weighted by atomic mass is 127. The summed E-state index contributed by atoms with van der Waals surface area (Å²) >= 11 is 2.27. The summed E-state index contributed by atoms with van der Waals surface area (Å²) in [6, 6.07) is 28.1. The molecule has 2 nitrogen and oxygen atoms in total. The van der Waals surface area contributed by atoms with Crippen molar-refractivity contribution in [1.29, 1.82) is 0 Å². The van der Waals surface area contributed by atoms with Crippen molar-refractivity contribution in [2.24, 2.45) is 0 Å². The van der Waals surface area contributed by atoms with Crippen LogP contribution >= 0.6 is 22.6 Å². The first-order valence-corrected chi connectivity index (χ1v) is 13.8. The van der Waals surface area contributed by atoms with Gasteiger partial charge in [-0.1, -0.05) is 108 Å². The Hall–Kier alpha value is -3.34. The van der Waals surface area contributed by atoms with Crippen molar-refractivity contribution in [2.75, 3.05) is 6.54 Å². The van der Waals surface area contributed by atoms with Gasteiger partial charge in [-0.25, -0.2) is 0 Å². The fourth-order valence-corrected chi connectivity index (χ4v) is 5.32. The van der Waals surface area contributed by atoms with Crippen LogP contribution in [-0.2, 0) is 22.2 Å². The van der Waals surface area contributed by atoms with Crippen molar-refractivity contribution in [2.45, 2.75) is 28.6 Å². The molecule has 40 heavy (non-hydrogen) atoms. The standard InChI is InChI=1S/C31H24F6INO/c32-30(33,34)26-17-22(18-27(19-26)31(35,36)37)28(40)39-16-15-29(23-7-3-1-4-8-23,24-9-5-2-6-10-24)25-13-11-21(20-38)12-14-25/h1-14,17-19H,15-16,20H2,(H,39,40). The number of benzene rings is 4.